The Kier molecular flexibility index (Phi) is 6.94. The van der Waals surface area contributed by atoms with Crippen LogP contribution in [-0.4, -0.2) is 67.3 Å². The molecule has 1 aliphatic carbocycles. The van der Waals surface area contributed by atoms with Crippen LogP contribution in [-0.2, 0) is 0 Å². The van der Waals surface area contributed by atoms with Gasteiger partial charge in [-0.1, -0.05) is 25.0 Å². The van der Waals surface area contributed by atoms with Crippen LogP contribution in [0.15, 0.2) is 24.3 Å². The van der Waals surface area contributed by atoms with E-state index >= 15 is 0 Å². The van der Waals surface area contributed by atoms with Crippen LogP contribution in [0.5, 0.6) is 0 Å². The quantitative estimate of drug-likeness (QED) is 0.719. The van der Waals surface area contributed by atoms with Gasteiger partial charge in [0.2, 0.25) is 0 Å². The average molecular weight is 332 g/mol. The molecule has 1 aliphatic heterocycles. The summed E-state index contributed by atoms with van der Waals surface area (Å²) < 4.78 is 0. The SMILES string of the molecule is OCCN1CCN(CCCNc2ccc(C3CCCC3)cc2)CC1. The molecule has 0 radical (unpaired) electrons. The Morgan fingerprint density at radius 3 is 2.17 bits per heavy atom. The number of anilines is 1. The van der Waals surface area contributed by atoms with Gasteiger partial charge < -0.3 is 15.3 Å². The first-order chi connectivity index (χ1) is 11.8. The van der Waals surface area contributed by atoms with Crippen LogP contribution in [0.25, 0.3) is 0 Å². The lowest BCUT2D eigenvalue weighted by Crippen LogP contribution is -2.47. The number of benzene rings is 1. The fourth-order valence-electron chi connectivity index (χ4n) is 4.05. The highest BCUT2D eigenvalue weighted by atomic mass is 16.3. The molecule has 1 saturated heterocycles. The summed E-state index contributed by atoms with van der Waals surface area (Å²) in [5, 5.41) is 12.5. The topological polar surface area (TPSA) is 38.7 Å². The highest BCUT2D eigenvalue weighted by molar-refractivity contribution is 5.45. The molecule has 0 unspecified atom stereocenters. The van der Waals surface area contributed by atoms with Gasteiger partial charge in [-0.3, -0.25) is 4.90 Å². The Morgan fingerprint density at radius 1 is 0.917 bits per heavy atom. The van der Waals surface area contributed by atoms with Crippen molar-refractivity contribution in [1.29, 1.82) is 0 Å². The second-order valence-electron chi connectivity index (χ2n) is 7.29. The number of hydrogen-bond donors (Lipinski definition) is 2. The van der Waals surface area contributed by atoms with Crippen LogP contribution < -0.4 is 5.32 Å². The van der Waals surface area contributed by atoms with Crippen molar-refractivity contribution in [3.8, 4) is 0 Å². The highest BCUT2D eigenvalue weighted by Crippen LogP contribution is 2.34. The Bertz CT molecular complexity index is 462. The largest absolute Gasteiger partial charge is 0.395 e. The molecule has 2 aliphatic rings. The van der Waals surface area contributed by atoms with Crippen molar-refractivity contribution >= 4 is 5.69 Å². The average Bonchev–Trinajstić information content (AvgIpc) is 3.16. The van der Waals surface area contributed by atoms with Gasteiger partial charge in [-0.25, -0.2) is 0 Å². The molecule has 24 heavy (non-hydrogen) atoms. The summed E-state index contributed by atoms with van der Waals surface area (Å²) in [6.45, 7) is 7.77. The summed E-state index contributed by atoms with van der Waals surface area (Å²) in [7, 11) is 0. The van der Waals surface area contributed by atoms with Gasteiger partial charge in [0, 0.05) is 45.0 Å². The van der Waals surface area contributed by atoms with E-state index in [1.807, 2.05) is 0 Å². The first-order valence-electron chi connectivity index (χ1n) is 9.74. The molecule has 0 bridgehead atoms. The maximum atomic E-state index is 8.98. The molecular formula is C20H33N3O. The summed E-state index contributed by atoms with van der Waals surface area (Å²) >= 11 is 0. The maximum Gasteiger partial charge on any atom is 0.0558 e. The van der Waals surface area contributed by atoms with Gasteiger partial charge in [-0.05, 0) is 49.4 Å². The first-order valence-corrected chi connectivity index (χ1v) is 9.74. The van der Waals surface area contributed by atoms with Crippen molar-refractivity contribution in [3.63, 3.8) is 0 Å². The molecule has 4 heteroatoms. The number of hydrogen-bond acceptors (Lipinski definition) is 4. The van der Waals surface area contributed by atoms with Crippen LogP contribution in [0, 0.1) is 0 Å². The van der Waals surface area contributed by atoms with Crippen LogP contribution in [0.4, 0.5) is 5.69 Å². The number of nitrogens with one attached hydrogen (secondary N) is 1. The fraction of sp³-hybridized carbons (Fsp3) is 0.700. The second-order valence-corrected chi connectivity index (χ2v) is 7.29. The Morgan fingerprint density at radius 2 is 1.54 bits per heavy atom. The number of aliphatic hydroxyl groups is 1. The van der Waals surface area contributed by atoms with Crippen LogP contribution in [0.3, 0.4) is 0 Å². The molecule has 2 N–H and O–H groups in total. The number of aliphatic hydroxyl groups excluding tert-OH is 1. The molecule has 3 rings (SSSR count). The van der Waals surface area contributed by atoms with E-state index in [1.54, 1.807) is 0 Å². The molecular weight excluding hydrogens is 298 g/mol. The maximum absolute atomic E-state index is 8.98. The predicted octanol–water partition coefficient (Wildman–Crippen LogP) is 2.76. The molecule has 1 aromatic carbocycles. The van der Waals surface area contributed by atoms with Gasteiger partial charge in [0.15, 0.2) is 0 Å². The standard InChI is InChI=1S/C20H33N3O/c24-17-16-23-14-12-22(13-15-23)11-3-10-21-20-8-6-19(7-9-20)18-4-1-2-5-18/h6-9,18,21,24H,1-5,10-17H2. The van der Waals surface area contributed by atoms with Crippen LogP contribution >= 0.6 is 0 Å². The van der Waals surface area contributed by atoms with Crippen molar-refractivity contribution in [3.05, 3.63) is 29.8 Å². The van der Waals surface area contributed by atoms with E-state index in [1.165, 1.54) is 49.9 Å². The van der Waals surface area contributed by atoms with E-state index < -0.39 is 0 Å². The second kappa shape index (κ2) is 9.40. The zero-order valence-corrected chi connectivity index (χ0v) is 14.9. The summed E-state index contributed by atoms with van der Waals surface area (Å²) in [6.07, 6.45) is 6.74. The molecule has 0 aromatic heterocycles. The lowest BCUT2D eigenvalue weighted by Gasteiger charge is -2.34. The Hall–Kier alpha value is -1.10. The third-order valence-corrected chi connectivity index (χ3v) is 5.60. The summed E-state index contributed by atoms with van der Waals surface area (Å²) in [5.74, 6) is 0.809. The minimum atomic E-state index is 0.281. The molecule has 4 nitrogen and oxygen atoms in total. The molecule has 0 atom stereocenters. The van der Waals surface area contributed by atoms with E-state index in [9.17, 15) is 0 Å². The van der Waals surface area contributed by atoms with Gasteiger partial charge in [0.25, 0.3) is 0 Å². The van der Waals surface area contributed by atoms with Crippen LogP contribution in [0.1, 0.15) is 43.6 Å². The van der Waals surface area contributed by atoms with Crippen molar-refractivity contribution in [2.45, 2.75) is 38.0 Å². The van der Waals surface area contributed by atoms with E-state index in [2.05, 4.69) is 39.4 Å². The molecule has 134 valence electrons. The van der Waals surface area contributed by atoms with E-state index in [-0.39, 0.29) is 6.61 Å². The van der Waals surface area contributed by atoms with Crippen molar-refractivity contribution < 1.29 is 5.11 Å². The van der Waals surface area contributed by atoms with Gasteiger partial charge in [0.05, 0.1) is 6.61 Å². The smallest absolute Gasteiger partial charge is 0.0558 e. The van der Waals surface area contributed by atoms with E-state index in [4.69, 9.17) is 5.11 Å². The van der Waals surface area contributed by atoms with Gasteiger partial charge >= 0.3 is 0 Å². The molecule has 0 spiro atoms. The van der Waals surface area contributed by atoms with Gasteiger partial charge in [-0.15, -0.1) is 0 Å². The van der Waals surface area contributed by atoms with Gasteiger partial charge in [0.1, 0.15) is 0 Å². The normalized spacial score (nSPS) is 20.5. The summed E-state index contributed by atoms with van der Waals surface area (Å²) in [4.78, 5) is 4.89. The summed E-state index contributed by atoms with van der Waals surface area (Å²) in [6, 6.07) is 9.14. The third kappa shape index (κ3) is 5.20. The molecule has 2 fully saturated rings. The fourth-order valence-corrected chi connectivity index (χ4v) is 4.05. The van der Waals surface area contributed by atoms with E-state index in [0.29, 0.717) is 0 Å². The number of β-amino-alcohol motifs (C(OH)–C–C–N with tert-alkyl or cyclic N) is 1. The lowest BCUT2D eigenvalue weighted by molar-refractivity contribution is 0.112. The van der Waals surface area contributed by atoms with Crippen molar-refractivity contribution in [1.82, 2.24) is 9.80 Å². The number of nitrogens with zero attached hydrogens (tertiary/aromatic N) is 2. The number of rotatable bonds is 8. The minimum Gasteiger partial charge on any atom is -0.395 e. The van der Waals surface area contributed by atoms with Crippen molar-refractivity contribution in [2.75, 3.05) is 57.7 Å². The predicted molar refractivity (Wildman–Crippen MR) is 101 cm³/mol. The molecule has 1 heterocycles. The monoisotopic (exact) mass is 331 g/mol. The molecule has 1 saturated carbocycles. The molecule has 1 aromatic rings. The molecule has 0 amide bonds. The lowest BCUT2D eigenvalue weighted by atomic mass is 9.98. The first kappa shape index (κ1) is 17.7. The Balaban J connectivity index is 1.31. The van der Waals surface area contributed by atoms with Crippen molar-refractivity contribution in [2.24, 2.45) is 0 Å². The zero-order chi connectivity index (χ0) is 16.6. The Labute approximate surface area is 146 Å². The minimum absolute atomic E-state index is 0.281. The van der Waals surface area contributed by atoms with E-state index in [0.717, 1.165) is 45.2 Å². The third-order valence-electron chi connectivity index (χ3n) is 5.60. The zero-order valence-electron chi connectivity index (χ0n) is 14.9. The number of piperazine rings is 1. The van der Waals surface area contributed by atoms with Gasteiger partial charge in [-0.2, -0.15) is 0 Å². The highest BCUT2D eigenvalue weighted by Gasteiger charge is 2.17. The van der Waals surface area contributed by atoms with Crippen LogP contribution in [0.2, 0.25) is 0 Å². The summed E-state index contributed by atoms with van der Waals surface area (Å²) in [5.41, 5.74) is 2.78.